The van der Waals surface area contributed by atoms with Crippen molar-refractivity contribution >= 4 is 0 Å². The Morgan fingerprint density at radius 1 is 1.50 bits per heavy atom. The Labute approximate surface area is 96.4 Å². The van der Waals surface area contributed by atoms with Crippen molar-refractivity contribution in [3.8, 4) is 11.5 Å². The van der Waals surface area contributed by atoms with Crippen LogP contribution in [0, 0.1) is 5.92 Å². The molecule has 1 aromatic rings. The molecular weight excluding hydrogens is 202 g/mol. The van der Waals surface area contributed by atoms with Crippen LogP contribution in [0.5, 0.6) is 11.5 Å². The Morgan fingerprint density at radius 3 is 2.94 bits per heavy atom. The van der Waals surface area contributed by atoms with E-state index in [0.29, 0.717) is 5.92 Å². The van der Waals surface area contributed by atoms with Crippen LogP contribution in [0.2, 0.25) is 0 Å². The fourth-order valence-electron chi connectivity index (χ4n) is 1.88. The first-order valence-electron chi connectivity index (χ1n) is 5.90. The van der Waals surface area contributed by atoms with Gasteiger partial charge in [-0.3, -0.25) is 0 Å². The number of ether oxygens (including phenoxy) is 1. The highest BCUT2D eigenvalue weighted by Crippen LogP contribution is 2.36. The molecule has 0 spiro atoms. The maximum atomic E-state index is 9.36. The van der Waals surface area contributed by atoms with Gasteiger partial charge in [-0.05, 0) is 50.9 Å². The maximum absolute atomic E-state index is 9.36. The van der Waals surface area contributed by atoms with Crippen molar-refractivity contribution < 1.29 is 9.84 Å². The molecule has 1 unspecified atom stereocenters. The lowest BCUT2D eigenvalue weighted by Gasteiger charge is -2.18. The number of phenols is 1. The van der Waals surface area contributed by atoms with E-state index < -0.39 is 0 Å². The summed E-state index contributed by atoms with van der Waals surface area (Å²) in [6, 6.07) is 7.04. The summed E-state index contributed by atoms with van der Waals surface area (Å²) >= 11 is 0. The average Bonchev–Trinajstić information content (AvgIpc) is 3.08. The molecule has 1 saturated carbocycles. The minimum absolute atomic E-state index is 0.265. The smallest absolute Gasteiger partial charge is 0.123 e. The van der Waals surface area contributed by atoms with Gasteiger partial charge in [0.05, 0.1) is 0 Å². The van der Waals surface area contributed by atoms with E-state index in [2.05, 4.69) is 5.32 Å². The molecule has 0 bridgehead atoms. The zero-order valence-electron chi connectivity index (χ0n) is 9.65. The molecule has 1 aliphatic rings. The lowest BCUT2D eigenvalue weighted by Crippen LogP contribution is -2.24. The Bertz CT molecular complexity index is 336. The zero-order chi connectivity index (χ0) is 11.4. The van der Waals surface area contributed by atoms with Gasteiger partial charge in [0.1, 0.15) is 17.6 Å². The molecule has 0 amide bonds. The standard InChI is InChI=1S/C13H19NO2/c1-14-8-7-13(10-5-6-10)16-12-4-2-3-11(15)9-12/h2-4,9-10,13-15H,5-8H2,1H3. The second kappa shape index (κ2) is 5.21. The summed E-state index contributed by atoms with van der Waals surface area (Å²) in [5, 5.41) is 12.5. The summed E-state index contributed by atoms with van der Waals surface area (Å²) < 4.78 is 5.92. The van der Waals surface area contributed by atoms with Gasteiger partial charge in [0, 0.05) is 6.07 Å². The highest BCUT2D eigenvalue weighted by molar-refractivity contribution is 5.31. The van der Waals surface area contributed by atoms with E-state index in [-0.39, 0.29) is 11.9 Å². The van der Waals surface area contributed by atoms with Crippen LogP contribution in [0.1, 0.15) is 19.3 Å². The van der Waals surface area contributed by atoms with E-state index in [0.717, 1.165) is 18.7 Å². The molecule has 3 heteroatoms. The summed E-state index contributed by atoms with van der Waals surface area (Å²) in [7, 11) is 1.96. The molecule has 16 heavy (non-hydrogen) atoms. The molecule has 1 aliphatic carbocycles. The number of phenolic OH excluding ortho intramolecular Hbond substituents is 1. The van der Waals surface area contributed by atoms with Gasteiger partial charge in [-0.15, -0.1) is 0 Å². The lowest BCUT2D eigenvalue weighted by atomic mass is 10.1. The minimum atomic E-state index is 0.265. The summed E-state index contributed by atoms with van der Waals surface area (Å²) in [6.45, 7) is 0.972. The molecule has 1 fully saturated rings. The highest BCUT2D eigenvalue weighted by atomic mass is 16.5. The predicted molar refractivity (Wildman–Crippen MR) is 63.8 cm³/mol. The first kappa shape index (κ1) is 11.3. The van der Waals surface area contributed by atoms with E-state index >= 15 is 0 Å². The normalized spacial score (nSPS) is 17.1. The molecular formula is C13H19NO2. The van der Waals surface area contributed by atoms with Crippen LogP contribution >= 0.6 is 0 Å². The molecule has 0 aromatic heterocycles. The van der Waals surface area contributed by atoms with Crippen molar-refractivity contribution in [3.05, 3.63) is 24.3 Å². The van der Waals surface area contributed by atoms with Gasteiger partial charge in [0.2, 0.25) is 0 Å². The monoisotopic (exact) mass is 221 g/mol. The summed E-state index contributed by atoms with van der Waals surface area (Å²) in [4.78, 5) is 0. The molecule has 0 aliphatic heterocycles. The number of nitrogens with one attached hydrogen (secondary N) is 1. The fourth-order valence-corrected chi connectivity index (χ4v) is 1.88. The summed E-state index contributed by atoms with van der Waals surface area (Å²) in [5.41, 5.74) is 0. The molecule has 3 nitrogen and oxygen atoms in total. The van der Waals surface area contributed by atoms with Crippen molar-refractivity contribution in [2.45, 2.75) is 25.4 Å². The number of hydrogen-bond acceptors (Lipinski definition) is 3. The van der Waals surface area contributed by atoms with Gasteiger partial charge in [0.15, 0.2) is 0 Å². The first-order chi connectivity index (χ1) is 7.79. The Morgan fingerprint density at radius 2 is 2.31 bits per heavy atom. The number of benzene rings is 1. The largest absolute Gasteiger partial charge is 0.508 e. The van der Waals surface area contributed by atoms with Gasteiger partial charge >= 0.3 is 0 Å². The third-order valence-electron chi connectivity index (χ3n) is 2.93. The molecule has 88 valence electrons. The maximum Gasteiger partial charge on any atom is 0.123 e. The van der Waals surface area contributed by atoms with E-state index in [4.69, 9.17) is 4.74 Å². The van der Waals surface area contributed by atoms with Crippen LogP contribution in [0.25, 0.3) is 0 Å². The number of aromatic hydroxyl groups is 1. The van der Waals surface area contributed by atoms with Gasteiger partial charge in [-0.2, -0.15) is 0 Å². The van der Waals surface area contributed by atoms with Gasteiger partial charge < -0.3 is 15.2 Å². The van der Waals surface area contributed by atoms with Crippen LogP contribution in [0.4, 0.5) is 0 Å². The third-order valence-corrected chi connectivity index (χ3v) is 2.93. The quantitative estimate of drug-likeness (QED) is 0.773. The van der Waals surface area contributed by atoms with Crippen LogP contribution in [0.3, 0.4) is 0 Å². The molecule has 2 rings (SSSR count). The summed E-state index contributed by atoms with van der Waals surface area (Å²) in [6.07, 6.45) is 3.85. The van der Waals surface area contributed by atoms with Crippen LogP contribution in [-0.4, -0.2) is 24.8 Å². The van der Waals surface area contributed by atoms with Gasteiger partial charge in [0.25, 0.3) is 0 Å². The molecule has 1 atom stereocenters. The lowest BCUT2D eigenvalue weighted by molar-refractivity contribution is 0.167. The zero-order valence-corrected chi connectivity index (χ0v) is 9.65. The Hall–Kier alpha value is -1.22. The van der Waals surface area contributed by atoms with Crippen LogP contribution in [-0.2, 0) is 0 Å². The Kier molecular flexibility index (Phi) is 3.67. The highest BCUT2D eigenvalue weighted by Gasteiger charge is 2.32. The van der Waals surface area contributed by atoms with Crippen molar-refractivity contribution in [3.63, 3.8) is 0 Å². The van der Waals surface area contributed by atoms with Crippen LogP contribution < -0.4 is 10.1 Å². The van der Waals surface area contributed by atoms with E-state index in [1.165, 1.54) is 12.8 Å². The molecule has 1 aromatic carbocycles. The number of rotatable bonds is 6. The van der Waals surface area contributed by atoms with Crippen molar-refractivity contribution in [1.29, 1.82) is 0 Å². The molecule has 2 N–H and O–H groups in total. The molecule has 0 saturated heterocycles. The van der Waals surface area contributed by atoms with Crippen LogP contribution in [0.15, 0.2) is 24.3 Å². The van der Waals surface area contributed by atoms with Gasteiger partial charge in [-0.25, -0.2) is 0 Å². The topological polar surface area (TPSA) is 41.5 Å². The molecule has 0 heterocycles. The number of hydrogen-bond donors (Lipinski definition) is 2. The fraction of sp³-hybridized carbons (Fsp3) is 0.538. The average molecular weight is 221 g/mol. The second-order valence-corrected chi connectivity index (χ2v) is 4.38. The van der Waals surface area contributed by atoms with Crippen molar-refractivity contribution in [1.82, 2.24) is 5.32 Å². The van der Waals surface area contributed by atoms with E-state index in [9.17, 15) is 5.11 Å². The van der Waals surface area contributed by atoms with E-state index in [1.54, 1.807) is 12.1 Å². The van der Waals surface area contributed by atoms with Gasteiger partial charge in [-0.1, -0.05) is 6.07 Å². The van der Waals surface area contributed by atoms with E-state index in [1.807, 2.05) is 19.2 Å². The predicted octanol–water partition coefficient (Wildman–Crippen LogP) is 2.16. The van der Waals surface area contributed by atoms with Crippen molar-refractivity contribution in [2.75, 3.05) is 13.6 Å². The second-order valence-electron chi connectivity index (χ2n) is 4.38. The first-order valence-corrected chi connectivity index (χ1v) is 5.90. The Balaban J connectivity index is 1.94. The third kappa shape index (κ3) is 3.14. The SMILES string of the molecule is CNCCC(Oc1cccc(O)c1)C1CC1. The van der Waals surface area contributed by atoms with Crippen molar-refractivity contribution in [2.24, 2.45) is 5.92 Å². The minimum Gasteiger partial charge on any atom is -0.508 e. The summed E-state index contributed by atoms with van der Waals surface area (Å²) in [5.74, 6) is 1.74. The molecule has 0 radical (unpaired) electrons.